The summed E-state index contributed by atoms with van der Waals surface area (Å²) >= 11 is 1.49. The molecule has 166 valence electrons. The van der Waals surface area contributed by atoms with Crippen LogP contribution in [0.25, 0.3) is 11.1 Å². The van der Waals surface area contributed by atoms with Gasteiger partial charge in [0, 0.05) is 11.8 Å². The fraction of sp³-hybridized carbons (Fsp3) is 0.174. The Morgan fingerprint density at radius 1 is 1.06 bits per heavy atom. The number of aliphatic carboxylic acids is 1. The first-order chi connectivity index (χ1) is 15.3. The van der Waals surface area contributed by atoms with Crippen molar-refractivity contribution in [3.63, 3.8) is 0 Å². The van der Waals surface area contributed by atoms with Gasteiger partial charge in [0.1, 0.15) is 6.04 Å². The average molecular weight is 471 g/mol. The van der Waals surface area contributed by atoms with Gasteiger partial charge in [-0.25, -0.2) is 18.2 Å². The van der Waals surface area contributed by atoms with Crippen molar-refractivity contribution in [3.05, 3.63) is 78.5 Å². The van der Waals surface area contributed by atoms with E-state index in [9.17, 15) is 23.1 Å². The van der Waals surface area contributed by atoms with Gasteiger partial charge in [0.2, 0.25) is 9.84 Å². The van der Waals surface area contributed by atoms with Crippen LogP contribution in [0.15, 0.2) is 82.8 Å². The van der Waals surface area contributed by atoms with Gasteiger partial charge in [-0.15, -0.1) is 0 Å². The standard InChI is InChI=1S/C23H22N2O5S2/c1-31-14-12-20(23(27)28)25-22(26)18-11-10-17(15-19(18)16-7-3-2-4-8-16)32(29,30)21-9-5-6-13-24-21/h2-11,13,15,20H,12,14H2,1H3,(H,25,26)(H,27,28)/t20-/m0/s1. The number of carboxylic acid groups (broad SMARTS) is 1. The lowest BCUT2D eigenvalue weighted by Gasteiger charge is -2.17. The second-order valence-electron chi connectivity index (χ2n) is 6.89. The highest BCUT2D eigenvalue weighted by Gasteiger charge is 2.25. The average Bonchev–Trinajstić information content (AvgIpc) is 2.82. The van der Waals surface area contributed by atoms with Gasteiger partial charge in [-0.3, -0.25) is 4.79 Å². The minimum Gasteiger partial charge on any atom is -0.480 e. The molecule has 7 nitrogen and oxygen atoms in total. The lowest BCUT2D eigenvalue weighted by Crippen LogP contribution is -2.41. The van der Waals surface area contributed by atoms with E-state index in [0.29, 0.717) is 16.9 Å². The maximum absolute atomic E-state index is 13.0. The number of nitrogens with zero attached hydrogens (tertiary/aromatic N) is 1. The Hall–Kier alpha value is -3.17. The summed E-state index contributed by atoms with van der Waals surface area (Å²) in [4.78, 5) is 28.5. The molecule has 2 N–H and O–H groups in total. The maximum Gasteiger partial charge on any atom is 0.326 e. The van der Waals surface area contributed by atoms with E-state index in [4.69, 9.17) is 0 Å². The number of carboxylic acids is 1. The number of carbonyl (C=O) groups excluding carboxylic acids is 1. The van der Waals surface area contributed by atoms with Crippen LogP contribution in [-0.4, -0.2) is 48.4 Å². The molecule has 32 heavy (non-hydrogen) atoms. The number of benzene rings is 2. The van der Waals surface area contributed by atoms with Crippen molar-refractivity contribution in [2.24, 2.45) is 0 Å². The van der Waals surface area contributed by atoms with Gasteiger partial charge in [0.15, 0.2) is 5.03 Å². The molecule has 0 aliphatic carbocycles. The molecule has 1 amide bonds. The number of aromatic nitrogens is 1. The van der Waals surface area contributed by atoms with Gasteiger partial charge in [0.05, 0.1) is 4.90 Å². The Bertz CT molecular complexity index is 1200. The molecule has 0 unspecified atom stereocenters. The summed E-state index contributed by atoms with van der Waals surface area (Å²) < 4.78 is 26.1. The smallest absolute Gasteiger partial charge is 0.326 e. The number of pyridine rings is 1. The minimum absolute atomic E-state index is 0.0104. The van der Waals surface area contributed by atoms with Crippen LogP contribution < -0.4 is 5.32 Å². The molecule has 0 saturated carbocycles. The molecule has 9 heteroatoms. The molecule has 0 bridgehead atoms. The third-order valence-corrected chi connectivity index (χ3v) is 7.07. The van der Waals surface area contributed by atoms with Crippen LogP contribution in [0.2, 0.25) is 0 Å². The molecule has 0 saturated heterocycles. The van der Waals surface area contributed by atoms with E-state index in [1.54, 1.807) is 42.5 Å². The summed E-state index contributed by atoms with van der Waals surface area (Å²) in [5.41, 5.74) is 1.20. The highest BCUT2D eigenvalue weighted by Crippen LogP contribution is 2.29. The molecule has 0 spiro atoms. The number of nitrogens with one attached hydrogen (secondary N) is 1. The molecule has 2 aromatic carbocycles. The highest BCUT2D eigenvalue weighted by molar-refractivity contribution is 7.98. The van der Waals surface area contributed by atoms with Crippen LogP contribution in [0.3, 0.4) is 0 Å². The molecular formula is C23H22N2O5S2. The predicted molar refractivity (Wildman–Crippen MR) is 123 cm³/mol. The van der Waals surface area contributed by atoms with Crippen LogP contribution in [0.4, 0.5) is 0 Å². The Labute approximate surface area is 190 Å². The summed E-state index contributed by atoms with van der Waals surface area (Å²) in [6, 6.07) is 16.6. The molecule has 1 atom stereocenters. The molecule has 0 radical (unpaired) electrons. The van der Waals surface area contributed by atoms with Crippen LogP contribution in [0.5, 0.6) is 0 Å². The van der Waals surface area contributed by atoms with Gasteiger partial charge in [0.25, 0.3) is 5.91 Å². The first-order valence-corrected chi connectivity index (χ1v) is 12.6. The lowest BCUT2D eigenvalue weighted by atomic mass is 9.99. The van der Waals surface area contributed by atoms with Gasteiger partial charge >= 0.3 is 5.97 Å². The molecule has 3 rings (SSSR count). The summed E-state index contributed by atoms with van der Waals surface area (Å²) in [6.45, 7) is 0. The summed E-state index contributed by atoms with van der Waals surface area (Å²) in [5.74, 6) is -1.13. The number of hydrogen-bond donors (Lipinski definition) is 2. The van der Waals surface area contributed by atoms with E-state index >= 15 is 0 Å². The SMILES string of the molecule is CSCC[C@H](NC(=O)c1ccc(S(=O)(=O)c2ccccn2)cc1-c1ccccc1)C(=O)O. The Morgan fingerprint density at radius 3 is 2.41 bits per heavy atom. The van der Waals surface area contributed by atoms with Crippen LogP contribution in [0.1, 0.15) is 16.8 Å². The Kier molecular flexibility index (Phi) is 7.66. The van der Waals surface area contributed by atoms with Crippen molar-refractivity contribution in [1.82, 2.24) is 10.3 Å². The van der Waals surface area contributed by atoms with Crippen molar-refractivity contribution < 1.29 is 23.1 Å². The molecule has 0 aliphatic heterocycles. The van der Waals surface area contributed by atoms with Crippen molar-refractivity contribution >= 4 is 33.5 Å². The van der Waals surface area contributed by atoms with E-state index in [1.807, 2.05) is 6.26 Å². The zero-order valence-corrected chi connectivity index (χ0v) is 18.9. The second-order valence-corrected chi connectivity index (χ2v) is 9.77. The van der Waals surface area contributed by atoms with Crippen LogP contribution >= 0.6 is 11.8 Å². The van der Waals surface area contributed by atoms with Crippen molar-refractivity contribution in [3.8, 4) is 11.1 Å². The molecular weight excluding hydrogens is 448 g/mol. The Balaban J connectivity index is 2.05. The number of rotatable bonds is 9. The summed E-state index contributed by atoms with van der Waals surface area (Å²) in [7, 11) is -3.90. The zero-order chi connectivity index (χ0) is 23.1. The first kappa shape index (κ1) is 23.5. The molecule has 0 fully saturated rings. The molecule has 1 heterocycles. The lowest BCUT2D eigenvalue weighted by molar-refractivity contribution is -0.139. The maximum atomic E-state index is 13.0. The largest absolute Gasteiger partial charge is 0.480 e. The summed E-state index contributed by atoms with van der Waals surface area (Å²) in [5, 5.41) is 11.9. The minimum atomic E-state index is -3.90. The third-order valence-electron chi connectivity index (χ3n) is 4.76. The molecule has 3 aromatic rings. The van der Waals surface area contributed by atoms with Crippen LogP contribution in [-0.2, 0) is 14.6 Å². The molecule has 1 aromatic heterocycles. The molecule has 0 aliphatic rings. The van der Waals surface area contributed by atoms with Crippen molar-refractivity contribution in [2.75, 3.05) is 12.0 Å². The van der Waals surface area contributed by atoms with Gasteiger partial charge < -0.3 is 10.4 Å². The second kappa shape index (κ2) is 10.4. The predicted octanol–water partition coefficient (Wildman–Crippen LogP) is 3.52. The third kappa shape index (κ3) is 5.35. The van der Waals surface area contributed by atoms with E-state index in [2.05, 4.69) is 10.3 Å². The van der Waals surface area contributed by atoms with E-state index in [1.165, 1.54) is 42.2 Å². The highest BCUT2D eigenvalue weighted by atomic mass is 32.2. The van der Waals surface area contributed by atoms with E-state index in [0.717, 1.165) is 0 Å². The van der Waals surface area contributed by atoms with Gasteiger partial charge in [-0.2, -0.15) is 11.8 Å². The first-order valence-electron chi connectivity index (χ1n) is 9.73. The van der Waals surface area contributed by atoms with Crippen molar-refractivity contribution in [1.29, 1.82) is 0 Å². The van der Waals surface area contributed by atoms with E-state index in [-0.39, 0.29) is 21.9 Å². The number of hydrogen-bond acceptors (Lipinski definition) is 6. The fourth-order valence-electron chi connectivity index (χ4n) is 3.10. The fourth-order valence-corrected chi connectivity index (χ4v) is 4.79. The normalized spacial score (nSPS) is 12.2. The topological polar surface area (TPSA) is 113 Å². The summed E-state index contributed by atoms with van der Waals surface area (Å²) in [6.07, 6.45) is 3.53. The number of carbonyl (C=O) groups is 2. The Morgan fingerprint density at radius 2 is 1.78 bits per heavy atom. The number of sulfone groups is 1. The number of thioether (sulfide) groups is 1. The monoisotopic (exact) mass is 470 g/mol. The van der Waals surface area contributed by atoms with Crippen LogP contribution in [0, 0.1) is 0 Å². The van der Waals surface area contributed by atoms with Crippen molar-refractivity contribution in [2.45, 2.75) is 22.4 Å². The quantitative estimate of drug-likeness (QED) is 0.492. The van der Waals surface area contributed by atoms with E-state index < -0.39 is 27.8 Å². The number of amides is 1. The van der Waals surface area contributed by atoms with Gasteiger partial charge in [-0.05, 0) is 59.9 Å². The van der Waals surface area contributed by atoms with Gasteiger partial charge in [-0.1, -0.05) is 36.4 Å². The zero-order valence-electron chi connectivity index (χ0n) is 17.3.